The van der Waals surface area contributed by atoms with Crippen LogP contribution in [0.25, 0.3) is 0 Å². The summed E-state index contributed by atoms with van der Waals surface area (Å²) in [7, 11) is 0. The summed E-state index contributed by atoms with van der Waals surface area (Å²) in [5.41, 5.74) is 2.93. The van der Waals surface area contributed by atoms with Crippen molar-refractivity contribution in [2.45, 2.75) is 57.5 Å². The molecule has 7 nitrogen and oxygen atoms in total. The van der Waals surface area contributed by atoms with Crippen molar-refractivity contribution < 1.29 is 33.6 Å². The fourth-order valence-corrected chi connectivity index (χ4v) is 4.14. The number of carbonyl (C=O) groups is 1. The maximum Gasteiger partial charge on any atom is 0.303 e. The Morgan fingerprint density at radius 1 is 0.722 bits per heavy atom. The lowest BCUT2D eigenvalue weighted by atomic mass is 9.98. The van der Waals surface area contributed by atoms with Crippen LogP contribution in [0.5, 0.6) is 0 Å². The average Bonchev–Trinajstić information content (AvgIpc) is 2.90. The minimum atomic E-state index is -1.39. The van der Waals surface area contributed by atoms with Gasteiger partial charge in [-0.2, -0.15) is 0 Å². The average molecular weight is 493 g/mol. The fraction of sp³-hybridized carbons (Fsp3) is 0.345. The molecule has 0 aromatic heterocycles. The number of hydrogen-bond donors (Lipinski definition) is 1. The number of hydrogen-bond acceptors (Lipinski definition) is 7. The molecule has 0 saturated carbocycles. The molecular weight excluding hydrogens is 460 g/mol. The van der Waals surface area contributed by atoms with E-state index in [0.29, 0.717) is 6.61 Å². The molecular formula is C29H32O7. The van der Waals surface area contributed by atoms with Crippen molar-refractivity contribution in [3.63, 3.8) is 0 Å². The van der Waals surface area contributed by atoms with Crippen molar-refractivity contribution in [2.75, 3.05) is 6.61 Å². The van der Waals surface area contributed by atoms with E-state index in [2.05, 4.69) is 0 Å². The molecule has 190 valence electrons. The van der Waals surface area contributed by atoms with Crippen LogP contribution >= 0.6 is 0 Å². The zero-order chi connectivity index (χ0) is 25.2. The lowest BCUT2D eigenvalue weighted by Crippen LogP contribution is -2.61. The summed E-state index contributed by atoms with van der Waals surface area (Å²) in [6.45, 7) is 2.36. The van der Waals surface area contributed by atoms with E-state index in [1.54, 1.807) is 0 Å². The molecule has 4 rings (SSSR count). The number of rotatable bonds is 11. The molecule has 1 heterocycles. The van der Waals surface area contributed by atoms with Gasteiger partial charge in [0.05, 0.1) is 26.4 Å². The molecule has 5 atom stereocenters. The van der Waals surface area contributed by atoms with Gasteiger partial charge in [0.1, 0.15) is 18.3 Å². The van der Waals surface area contributed by atoms with Crippen molar-refractivity contribution in [3.05, 3.63) is 108 Å². The first-order valence-corrected chi connectivity index (χ1v) is 12.0. The van der Waals surface area contributed by atoms with Crippen LogP contribution in [0.2, 0.25) is 0 Å². The van der Waals surface area contributed by atoms with Crippen molar-refractivity contribution >= 4 is 5.97 Å². The summed E-state index contributed by atoms with van der Waals surface area (Å²) in [6, 6.07) is 29.2. The predicted molar refractivity (Wildman–Crippen MR) is 133 cm³/mol. The fourth-order valence-electron chi connectivity index (χ4n) is 4.14. The molecule has 0 spiro atoms. The summed E-state index contributed by atoms with van der Waals surface area (Å²) in [5, 5.41) is 10.8. The van der Waals surface area contributed by atoms with Gasteiger partial charge in [0.15, 0.2) is 12.4 Å². The van der Waals surface area contributed by atoms with Gasteiger partial charge < -0.3 is 28.8 Å². The van der Waals surface area contributed by atoms with Crippen LogP contribution in [0.3, 0.4) is 0 Å². The summed E-state index contributed by atoms with van der Waals surface area (Å²) >= 11 is 0. The molecule has 0 aliphatic carbocycles. The predicted octanol–water partition coefficient (Wildman–Crippen LogP) is 4.02. The molecule has 1 aliphatic heterocycles. The Morgan fingerprint density at radius 2 is 1.19 bits per heavy atom. The van der Waals surface area contributed by atoms with Gasteiger partial charge in [-0.15, -0.1) is 0 Å². The second-order valence-electron chi connectivity index (χ2n) is 8.66. The summed E-state index contributed by atoms with van der Waals surface area (Å²) in [6.07, 6.45) is -4.56. The zero-order valence-electron chi connectivity index (χ0n) is 20.3. The minimum Gasteiger partial charge on any atom is -0.454 e. The largest absolute Gasteiger partial charge is 0.454 e. The SMILES string of the molecule is CC(=O)O[C@@H]1[C@@H](OCc2ccccc2)[C@@H](OCc2ccccc2)[C@@H](COCc2ccccc2)O[C@H]1O. The Morgan fingerprint density at radius 3 is 1.69 bits per heavy atom. The van der Waals surface area contributed by atoms with E-state index in [-0.39, 0.29) is 19.8 Å². The Kier molecular flexibility index (Phi) is 9.61. The van der Waals surface area contributed by atoms with E-state index in [9.17, 15) is 9.90 Å². The van der Waals surface area contributed by atoms with E-state index < -0.39 is 36.7 Å². The van der Waals surface area contributed by atoms with Crippen molar-refractivity contribution in [1.82, 2.24) is 0 Å². The minimum absolute atomic E-state index is 0.156. The number of carbonyl (C=O) groups excluding carboxylic acids is 1. The maximum absolute atomic E-state index is 11.9. The number of aliphatic hydroxyl groups is 1. The molecule has 1 fully saturated rings. The first-order valence-electron chi connectivity index (χ1n) is 12.0. The molecule has 3 aromatic carbocycles. The first kappa shape index (κ1) is 26.0. The van der Waals surface area contributed by atoms with E-state index in [0.717, 1.165) is 16.7 Å². The summed E-state index contributed by atoms with van der Waals surface area (Å²) in [4.78, 5) is 11.9. The molecule has 1 aliphatic rings. The van der Waals surface area contributed by atoms with Crippen LogP contribution in [0.1, 0.15) is 23.6 Å². The Labute approximate surface area is 211 Å². The highest BCUT2D eigenvalue weighted by Gasteiger charge is 2.49. The Balaban J connectivity index is 1.53. The molecule has 0 amide bonds. The number of benzene rings is 3. The van der Waals surface area contributed by atoms with Gasteiger partial charge in [0.25, 0.3) is 0 Å². The van der Waals surface area contributed by atoms with E-state index in [1.807, 2.05) is 91.0 Å². The maximum atomic E-state index is 11.9. The van der Waals surface area contributed by atoms with Gasteiger partial charge in [-0.05, 0) is 16.7 Å². The molecule has 0 unspecified atom stereocenters. The molecule has 0 bridgehead atoms. The van der Waals surface area contributed by atoms with E-state index in [4.69, 9.17) is 23.7 Å². The highest BCUT2D eigenvalue weighted by atomic mass is 16.7. The van der Waals surface area contributed by atoms with E-state index in [1.165, 1.54) is 6.92 Å². The lowest BCUT2D eigenvalue weighted by Gasteiger charge is -2.44. The highest BCUT2D eigenvalue weighted by molar-refractivity contribution is 5.66. The molecule has 3 aromatic rings. The summed E-state index contributed by atoms with van der Waals surface area (Å²) in [5.74, 6) is -0.545. The molecule has 36 heavy (non-hydrogen) atoms. The monoisotopic (exact) mass is 492 g/mol. The van der Waals surface area contributed by atoms with Crippen LogP contribution < -0.4 is 0 Å². The lowest BCUT2D eigenvalue weighted by molar-refractivity contribution is -0.309. The van der Waals surface area contributed by atoms with Gasteiger partial charge in [-0.25, -0.2) is 0 Å². The number of ether oxygens (including phenoxy) is 5. The third kappa shape index (κ3) is 7.46. The molecule has 1 N–H and O–H groups in total. The quantitative estimate of drug-likeness (QED) is 0.405. The smallest absolute Gasteiger partial charge is 0.303 e. The highest BCUT2D eigenvalue weighted by Crippen LogP contribution is 2.29. The van der Waals surface area contributed by atoms with Crippen LogP contribution in [-0.4, -0.2) is 48.4 Å². The van der Waals surface area contributed by atoms with Crippen molar-refractivity contribution in [3.8, 4) is 0 Å². The third-order valence-electron chi connectivity index (χ3n) is 5.88. The molecule has 0 radical (unpaired) electrons. The Bertz CT molecular complexity index is 1040. The third-order valence-corrected chi connectivity index (χ3v) is 5.88. The number of aliphatic hydroxyl groups excluding tert-OH is 1. The van der Waals surface area contributed by atoms with Gasteiger partial charge in [-0.1, -0.05) is 91.0 Å². The zero-order valence-corrected chi connectivity index (χ0v) is 20.3. The first-order chi connectivity index (χ1) is 17.6. The van der Waals surface area contributed by atoms with Gasteiger partial charge in [-0.3, -0.25) is 4.79 Å². The topological polar surface area (TPSA) is 83.5 Å². The second-order valence-corrected chi connectivity index (χ2v) is 8.66. The van der Waals surface area contributed by atoms with Gasteiger partial charge in [0, 0.05) is 6.92 Å². The van der Waals surface area contributed by atoms with Crippen LogP contribution in [0.15, 0.2) is 91.0 Å². The normalized spacial score (nSPS) is 23.8. The second kappa shape index (κ2) is 13.3. The van der Waals surface area contributed by atoms with Crippen LogP contribution in [0, 0.1) is 0 Å². The van der Waals surface area contributed by atoms with Gasteiger partial charge >= 0.3 is 5.97 Å². The summed E-state index contributed by atoms with van der Waals surface area (Å²) < 4.78 is 29.8. The van der Waals surface area contributed by atoms with Crippen molar-refractivity contribution in [2.24, 2.45) is 0 Å². The van der Waals surface area contributed by atoms with Crippen molar-refractivity contribution in [1.29, 1.82) is 0 Å². The molecule has 1 saturated heterocycles. The number of esters is 1. The van der Waals surface area contributed by atoms with E-state index >= 15 is 0 Å². The molecule has 7 heteroatoms. The van der Waals surface area contributed by atoms with Crippen LogP contribution in [0.4, 0.5) is 0 Å². The standard InChI is InChI=1S/C29H32O7/c1-21(30)35-28-27(34-19-24-15-9-4-10-16-24)26(33-18-23-13-7-3-8-14-23)25(36-29(28)31)20-32-17-22-11-5-2-6-12-22/h2-16,25-29,31H,17-20H2,1H3/t25-,26+,27+,28-,29-/m1/s1. The van der Waals surface area contributed by atoms with Crippen LogP contribution in [-0.2, 0) is 48.3 Å². The Hall–Kier alpha value is -3.07. The van der Waals surface area contributed by atoms with Gasteiger partial charge in [0.2, 0.25) is 0 Å².